The molecular weight excluding hydrogens is 1450 g/mol. The lowest BCUT2D eigenvalue weighted by Gasteiger charge is -2.21. The minimum absolute atomic E-state index is 0.0103. The number of carbonyl (C=O) groups excluding carboxylic acids is 4. The van der Waals surface area contributed by atoms with E-state index in [0.29, 0.717) is 44.9 Å². The summed E-state index contributed by atoms with van der Waals surface area (Å²) in [4.78, 5) is 73.1. The number of allylic oxidation sites excluding steroid dienone is 34. The van der Waals surface area contributed by atoms with Crippen LogP contribution in [-0.4, -0.2) is 96.7 Å². The van der Waals surface area contributed by atoms with Crippen LogP contribution in [0.3, 0.4) is 0 Å². The number of phosphoric ester groups is 2. The van der Waals surface area contributed by atoms with Gasteiger partial charge < -0.3 is 33.8 Å². The normalized spacial score (nSPS) is 14.8. The van der Waals surface area contributed by atoms with Gasteiger partial charge in [0.15, 0.2) is 12.2 Å². The van der Waals surface area contributed by atoms with Gasteiger partial charge in [0.2, 0.25) is 0 Å². The molecule has 0 aromatic rings. The SMILES string of the molecule is CC/C=C\C/C=C\C/C=C\C/C=C\C/C=C\C/C=C\CCC(=O)OC[C@H](COP(=O)(O)OC[C@@H](O)COP(=O)(O)OC[C@@H](COC(=O)CC/C=C\C/C=C\C/C=C\C/C=C\C/C=C\CCCCC)OC(=O)CCCCCCCCCCCCCCCCC)OC(=O)CC/C=C\C/C=C\C/C=C\C/C=C\C/C=C\C/C=C\CC. The molecule has 0 aliphatic carbocycles. The summed E-state index contributed by atoms with van der Waals surface area (Å²) in [6.45, 7) is 4.36. The van der Waals surface area contributed by atoms with Gasteiger partial charge in [0.1, 0.15) is 19.3 Å². The maximum atomic E-state index is 13.1. The van der Waals surface area contributed by atoms with Crippen LogP contribution < -0.4 is 0 Å². The molecule has 0 amide bonds. The monoisotopic (exact) mass is 1600 g/mol. The maximum Gasteiger partial charge on any atom is 0.472 e. The van der Waals surface area contributed by atoms with Crippen LogP contribution in [0, 0.1) is 0 Å². The summed E-state index contributed by atoms with van der Waals surface area (Å²) < 4.78 is 68.5. The zero-order chi connectivity index (χ0) is 81.7. The van der Waals surface area contributed by atoms with Gasteiger partial charge in [-0.05, 0) is 141 Å². The first-order valence-electron chi connectivity index (χ1n) is 42.3. The first-order valence-corrected chi connectivity index (χ1v) is 45.3. The Morgan fingerprint density at radius 1 is 0.259 bits per heavy atom. The van der Waals surface area contributed by atoms with Crippen molar-refractivity contribution in [2.24, 2.45) is 0 Å². The van der Waals surface area contributed by atoms with E-state index >= 15 is 0 Å². The third-order valence-corrected chi connectivity index (χ3v) is 18.7. The zero-order valence-electron chi connectivity index (χ0n) is 69.3. The minimum Gasteiger partial charge on any atom is -0.462 e. The fourth-order valence-corrected chi connectivity index (χ4v) is 12.0. The highest BCUT2D eigenvalue weighted by Gasteiger charge is 2.30. The molecule has 0 saturated carbocycles. The van der Waals surface area contributed by atoms with Gasteiger partial charge in [-0.3, -0.25) is 37.3 Å². The Morgan fingerprint density at radius 3 is 0.768 bits per heavy atom. The third-order valence-electron chi connectivity index (χ3n) is 16.8. The van der Waals surface area contributed by atoms with Gasteiger partial charge in [-0.1, -0.05) is 337 Å². The average Bonchev–Trinajstić information content (AvgIpc) is 0.898. The number of hydrogen-bond acceptors (Lipinski definition) is 15. The molecule has 112 heavy (non-hydrogen) atoms. The molecule has 632 valence electrons. The molecular formula is C93H148O17P2. The molecule has 0 fully saturated rings. The summed E-state index contributed by atoms with van der Waals surface area (Å²) in [6, 6.07) is 0. The average molecular weight is 1600 g/mol. The van der Waals surface area contributed by atoms with Crippen LogP contribution in [0.15, 0.2) is 207 Å². The topological polar surface area (TPSA) is 237 Å². The summed E-state index contributed by atoms with van der Waals surface area (Å²) in [6.07, 6.45) is 104. The first kappa shape index (κ1) is 106. The van der Waals surface area contributed by atoms with E-state index in [0.717, 1.165) is 116 Å². The van der Waals surface area contributed by atoms with Crippen molar-refractivity contribution in [3.8, 4) is 0 Å². The van der Waals surface area contributed by atoms with Crippen molar-refractivity contribution < 1.29 is 80.2 Å². The van der Waals surface area contributed by atoms with Gasteiger partial charge in [-0.25, -0.2) is 9.13 Å². The Bertz CT molecular complexity index is 2940. The number of rotatable bonds is 77. The van der Waals surface area contributed by atoms with Gasteiger partial charge in [-0.15, -0.1) is 0 Å². The van der Waals surface area contributed by atoms with Gasteiger partial charge in [0, 0.05) is 25.7 Å². The van der Waals surface area contributed by atoms with E-state index < -0.39 is 97.5 Å². The zero-order valence-corrected chi connectivity index (χ0v) is 71.0. The van der Waals surface area contributed by atoms with Crippen molar-refractivity contribution in [2.45, 2.75) is 316 Å². The van der Waals surface area contributed by atoms with E-state index in [1.807, 2.05) is 48.6 Å². The second-order valence-corrected chi connectivity index (χ2v) is 30.2. The van der Waals surface area contributed by atoms with Gasteiger partial charge in [0.25, 0.3) is 0 Å². The van der Waals surface area contributed by atoms with Gasteiger partial charge in [0.05, 0.1) is 26.4 Å². The van der Waals surface area contributed by atoms with Crippen molar-refractivity contribution >= 4 is 39.5 Å². The molecule has 0 saturated heterocycles. The maximum absolute atomic E-state index is 13.1. The number of esters is 4. The fraction of sp³-hybridized carbons (Fsp3) is 0.591. The van der Waals surface area contributed by atoms with Crippen molar-refractivity contribution in [1.82, 2.24) is 0 Å². The van der Waals surface area contributed by atoms with Crippen LogP contribution in [0.2, 0.25) is 0 Å². The van der Waals surface area contributed by atoms with E-state index in [1.54, 1.807) is 0 Å². The Kier molecular flexibility index (Phi) is 77.9. The fourth-order valence-electron chi connectivity index (χ4n) is 10.4. The third kappa shape index (κ3) is 81.6. The second kappa shape index (κ2) is 82.6. The van der Waals surface area contributed by atoms with Crippen LogP contribution in [-0.2, 0) is 65.4 Å². The smallest absolute Gasteiger partial charge is 0.462 e. The Morgan fingerprint density at radius 2 is 0.482 bits per heavy atom. The molecule has 0 bridgehead atoms. The number of phosphoric acid groups is 2. The Balaban J connectivity index is 5.59. The molecule has 0 rings (SSSR count). The molecule has 19 heteroatoms. The lowest BCUT2D eigenvalue weighted by molar-refractivity contribution is -0.161. The molecule has 0 aromatic carbocycles. The van der Waals surface area contributed by atoms with Crippen molar-refractivity contribution in [3.05, 3.63) is 207 Å². The molecule has 17 nitrogen and oxygen atoms in total. The first-order chi connectivity index (χ1) is 54.7. The van der Waals surface area contributed by atoms with Crippen LogP contribution in [0.4, 0.5) is 0 Å². The molecule has 0 heterocycles. The molecule has 0 aliphatic rings. The van der Waals surface area contributed by atoms with Crippen molar-refractivity contribution in [3.63, 3.8) is 0 Å². The predicted molar refractivity (Wildman–Crippen MR) is 463 cm³/mol. The quantitative estimate of drug-likeness (QED) is 0.0169. The summed E-state index contributed by atoms with van der Waals surface area (Å²) in [5.74, 6) is -2.48. The summed E-state index contributed by atoms with van der Waals surface area (Å²) in [7, 11) is -10.1. The predicted octanol–water partition coefficient (Wildman–Crippen LogP) is 25.4. The van der Waals surface area contributed by atoms with Gasteiger partial charge in [-0.2, -0.15) is 0 Å². The van der Waals surface area contributed by atoms with E-state index in [4.69, 9.17) is 37.0 Å². The molecule has 5 atom stereocenters. The second-order valence-electron chi connectivity index (χ2n) is 27.3. The largest absolute Gasteiger partial charge is 0.472 e. The van der Waals surface area contributed by atoms with Crippen molar-refractivity contribution in [1.29, 1.82) is 0 Å². The number of unbranched alkanes of at least 4 members (excludes halogenated alkanes) is 17. The van der Waals surface area contributed by atoms with Crippen molar-refractivity contribution in [2.75, 3.05) is 39.6 Å². The highest BCUT2D eigenvalue weighted by molar-refractivity contribution is 7.47. The van der Waals surface area contributed by atoms with E-state index in [-0.39, 0.29) is 25.7 Å². The molecule has 3 N–H and O–H groups in total. The van der Waals surface area contributed by atoms with Crippen LogP contribution in [0.5, 0.6) is 0 Å². The highest BCUT2D eigenvalue weighted by atomic mass is 31.2. The molecule has 0 radical (unpaired) electrons. The molecule has 0 aromatic heterocycles. The number of aliphatic hydroxyl groups is 1. The number of carbonyl (C=O) groups is 4. The van der Waals surface area contributed by atoms with E-state index in [2.05, 4.69) is 186 Å². The van der Waals surface area contributed by atoms with E-state index in [9.17, 15) is 43.2 Å². The molecule has 2 unspecified atom stereocenters. The Labute approximate surface area is 678 Å². The molecule has 0 spiro atoms. The van der Waals surface area contributed by atoms with Gasteiger partial charge >= 0.3 is 39.5 Å². The number of aliphatic hydroxyl groups excluding tert-OH is 1. The summed E-state index contributed by atoms with van der Waals surface area (Å²) in [5, 5.41) is 10.7. The minimum atomic E-state index is -5.03. The summed E-state index contributed by atoms with van der Waals surface area (Å²) >= 11 is 0. The van der Waals surface area contributed by atoms with Crippen LogP contribution in [0.1, 0.15) is 297 Å². The summed E-state index contributed by atoms with van der Waals surface area (Å²) in [5.41, 5.74) is 0. The number of hydrogen-bond donors (Lipinski definition) is 3. The lowest BCUT2D eigenvalue weighted by Crippen LogP contribution is -2.30. The lowest BCUT2D eigenvalue weighted by atomic mass is 10.0. The molecule has 0 aliphatic heterocycles. The highest BCUT2D eigenvalue weighted by Crippen LogP contribution is 2.45. The van der Waals surface area contributed by atoms with Crippen LogP contribution in [0.25, 0.3) is 0 Å². The standard InChI is InChI=1S/C93H148O17P2/c1-5-9-13-17-21-25-29-33-37-40-43-46-50-53-57-61-65-69-73-77-90(95)103-83-88(109-92(97)79-75-71-67-63-59-55-49-36-32-28-24-20-16-12-8-4)85-107-111(99,100)105-81-87(94)82-106-112(101,102)108-86-89(110-93(98)80-76-72-68-64-60-56-52-48-45-42-39-35-31-27-23-19-15-11-7-3)84-104-91(96)78-74-70-66-62-58-54-51-47-44-41-38-34-30-26-22-18-14-10-6-2/h10-11,14-15,21-23,25-27,33-35,37-39,43-48,53-54,56-58,60,65-66,68-70,72,87-89,94H,5-9,12-13,16-20,24,28-32,36,40-42,49-52,55,59,61-64,67,71,73-86H2,1-4H3,(H,99,100)(H,101,102)/b14-10-,15-11-,25-21-,26-22-,27-23-,37-33-,38-34-,39-35-,46-43-,47-44-,48-45-,57-53-,58-54-,60-56-,69-65-,70-66-,72-68-/t87-,88+,89+/m0/s1. The van der Waals surface area contributed by atoms with Crippen LogP contribution >= 0.6 is 15.6 Å². The van der Waals surface area contributed by atoms with E-state index in [1.165, 1.54) is 83.5 Å². The number of ether oxygens (including phenoxy) is 4. The Hall–Kier alpha value is -6.36.